The van der Waals surface area contributed by atoms with Crippen molar-refractivity contribution in [3.05, 3.63) is 101 Å². The highest BCUT2D eigenvalue weighted by molar-refractivity contribution is 6.12. The number of carbonyl (C=O) groups is 1. The number of nitrogens with zero attached hydrogens (tertiary/aromatic N) is 1. The van der Waals surface area contributed by atoms with Gasteiger partial charge >= 0.3 is 0 Å². The smallest absolute Gasteiger partial charge is 0.238 e. The molecule has 0 spiro atoms. The Morgan fingerprint density at radius 3 is 2.16 bits per heavy atom. The van der Waals surface area contributed by atoms with Crippen LogP contribution in [0.3, 0.4) is 0 Å². The quantitative estimate of drug-likeness (QED) is 0.309. The third-order valence-electron chi connectivity index (χ3n) is 3.46. The van der Waals surface area contributed by atoms with E-state index in [0.29, 0.717) is 0 Å². The molecule has 0 N–H and O–H groups in total. The molecule has 0 saturated carbocycles. The van der Waals surface area contributed by atoms with Gasteiger partial charge in [0.15, 0.2) is 5.76 Å². The Morgan fingerprint density at radius 2 is 1.56 bits per heavy atom. The maximum Gasteiger partial charge on any atom is 0.238 e. The predicted octanol–water partition coefficient (Wildman–Crippen LogP) is 4.47. The zero-order chi connectivity index (χ0) is 17.5. The molecule has 3 heteroatoms. The fourth-order valence-electron chi connectivity index (χ4n) is 2.18. The van der Waals surface area contributed by atoms with E-state index in [0.717, 1.165) is 16.7 Å². The maximum atomic E-state index is 12.2. The normalized spacial score (nSPS) is 10.4. The van der Waals surface area contributed by atoms with E-state index in [1.807, 2.05) is 60.7 Å². The van der Waals surface area contributed by atoms with Crippen LogP contribution in [0.1, 0.15) is 27.2 Å². The van der Waals surface area contributed by atoms with Crippen LogP contribution in [0, 0.1) is 23.2 Å². The molecule has 0 aliphatic heterocycles. The third kappa shape index (κ3) is 4.13. The molecule has 0 radical (unpaired) electrons. The molecule has 0 aliphatic rings. The van der Waals surface area contributed by atoms with E-state index in [2.05, 4.69) is 11.8 Å². The van der Waals surface area contributed by atoms with Gasteiger partial charge in [-0.3, -0.25) is 4.79 Å². The summed E-state index contributed by atoms with van der Waals surface area (Å²) in [5, 5.41) is 9.22. The van der Waals surface area contributed by atoms with Gasteiger partial charge in [0.25, 0.3) is 0 Å². The van der Waals surface area contributed by atoms with Gasteiger partial charge in [-0.1, -0.05) is 42.2 Å². The van der Waals surface area contributed by atoms with Crippen LogP contribution in [-0.2, 0) is 0 Å². The van der Waals surface area contributed by atoms with Crippen molar-refractivity contribution in [2.75, 3.05) is 0 Å². The third-order valence-corrected chi connectivity index (χ3v) is 3.46. The summed E-state index contributed by atoms with van der Waals surface area (Å²) < 4.78 is 5.05. The first-order valence-corrected chi connectivity index (χ1v) is 7.63. The predicted molar refractivity (Wildman–Crippen MR) is 95.5 cm³/mol. The Balaban J connectivity index is 1.79. The summed E-state index contributed by atoms with van der Waals surface area (Å²) in [6.07, 6.45) is 2.95. The number of nitriles is 1. The number of ketones is 1. The number of rotatable bonds is 3. The molecule has 2 aromatic carbocycles. The molecule has 0 bridgehead atoms. The summed E-state index contributed by atoms with van der Waals surface area (Å²) in [7, 11) is 0. The summed E-state index contributed by atoms with van der Waals surface area (Å²) in [6, 6.07) is 22.2. The average Bonchev–Trinajstić information content (AvgIpc) is 3.20. The molecule has 0 amide bonds. The standard InChI is InChI=1S/C22H13NO2/c23-16-20(22(24)21-7-4-14-25-21)15-19-12-10-18(11-13-19)9-8-17-5-2-1-3-6-17/h1-7,10-15H/b20-15+. The summed E-state index contributed by atoms with van der Waals surface area (Å²) in [6.45, 7) is 0. The largest absolute Gasteiger partial charge is 0.461 e. The van der Waals surface area contributed by atoms with Gasteiger partial charge in [-0.05, 0) is 48.0 Å². The molecule has 0 saturated heterocycles. The molecule has 3 aromatic rings. The van der Waals surface area contributed by atoms with E-state index in [9.17, 15) is 10.1 Å². The second kappa shape index (κ2) is 7.64. The molecule has 3 rings (SSSR count). The first-order valence-electron chi connectivity index (χ1n) is 7.63. The lowest BCUT2D eigenvalue weighted by atomic mass is 10.1. The van der Waals surface area contributed by atoms with Crippen molar-refractivity contribution < 1.29 is 9.21 Å². The summed E-state index contributed by atoms with van der Waals surface area (Å²) >= 11 is 0. The van der Waals surface area contributed by atoms with Gasteiger partial charge in [0.1, 0.15) is 11.6 Å². The minimum atomic E-state index is -0.430. The van der Waals surface area contributed by atoms with E-state index in [4.69, 9.17) is 4.42 Å². The Hall–Kier alpha value is -3.82. The van der Waals surface area contributed by atoms with Gasteiger partial charge in [0.2, 0.25) is 5.78 Å². The highest BCUT2D eigenvalue weighted by Crippen LogP contribution is 2.13. The van der Waals surface area contributed by atoms with Crippen LogP contribution in [0.2, 0.25) is 0 Å². The number of allylic oxidation sites excluding steroid dienone is 1. The molecule has 0 aliphatic carbocycles. The first kappa shape index (κ1) is 16.1. The molecule has 0 unspecified atom stereocenters. The number of benzene rings is 2. The molecule has 1 aromatic heterocycles. The number of hydrogen-bond acceptors (Lipinski definition) is 3. The molecular weight excluding hydrogens is 310 g/mol. The van der Waals surface area contributed by atoms with Crippen LogP contribution in [-0.4, -0.2) is 5.78 Å². The second-order valence-corrected chi connectivity index (χ2v) is 5.21. The molecule has 118 valence electrons. The van der Waals surface area contributed by atoms with Crippen LogP contribution in [0.4, 0.5) is 0 Å². The van der Waals surface area contributed by atoms with Crippen molar-refractivity contribution in [1.82, 2.24) is 0 Å². The fraction of sp³-hybridized carbons (Fsp3) is 0. The number of furan rings is 1. The lowest BCUT2D eigenvalue weighted by Gasteiger charge is -1.97. The minimum Gasteiger partial charge on any atom is -0.461 e. The van der Waals surface area contributed by atoms with Gasteiger partial charge in [-0.2, -0.15) is 5.26 Å². The van der Waals surface area contributed by atoms with Crippen molar-refractivity contribution in [3.63, 3.8) is 0 Å². The average molecular weight is 323 g/mol. The van der Waals surface area contributed by atoms with Gasteiger partial charge in [0, 0.05) is 11.1 Å². The van der Waals surface area contributed by atoms with Crippen molar-refractivity contribution in [2.24, 2.45) is 0 Å². The van der Waals surface area contributed by atoms with Crippen molar-refractivity contribution in [2.45, 2.75) is 0 Å². The Labute approximate surface area is 145 Å². The SMILES string of the molecule is N#C/C(=C\c1ccc(C#Cc2ccccc2)cc1)C(=O)c1ccco1. The summed E-state index contributed by atoms with van der Waals surface area (Å²) in [5.41, 5.74) is 2.58. The number of Topliss-reactive ketones (excluding diaryl/α,β-unsaturated/α-hetero) is 1. The zero-order valence-electron chi connectivity index (χ0n) is 13.3. The molecule has 0 fully saturated rings. The molecular formula is C22H13NO2. The van der Waals surface area contributed by atoms with E-state index < -0.39 is 5.78 Å². The molecule has 3 nitrogen and oxygen atoms in total. The fourth-order valence-corrected chi connectivity index (χ4v) is 2.18. The van der Waals surface area contributed by atoms with Gasteiger partial charge in [0.05, 0.1) is 6.26 Å². The van der Waals surface area contributed by atoms with Crippen LogP contribution in [0.5, 0.6) is 0 Å². The monoisotopic (exact) mass is 323 g/mol. The molecule has 1 heterocycles. The summed E-state index contributed by atoms with van der Waals surface area (Å²) in [4.78, 5) is 12.2. The van der Waals surface area contributed by atoms with Gasteiger partial charge in [-0.25, -0.2) is 0 Å². The number of hydrogen-bond donors (Lipinski definition) is 0. The molecule has 25 heavy (non-hydrogen) atoms. The lowest BCUT2D eigenvalue weighted by molar-refractivity contribution is 0.101. The summed E-state index contributed by atoms with van der Waals surface area (Å²) in [5.74, 6) is 5.89. The number of carbonyl (C=O) groups excluding carboxylic acids is 1. The van der Waals surface area contributed by atoms with E-state index >= 15 is 0 Å². The highest BCUT2D eigenvalue weighted by Gasteiger charge is 2.14. The van der Waals surface area contributed by atoms with Crippen LogP contribution >= 0.6 is 0 Å². The topological polar surface area (TPSA) is 54.0 Å². The Bertz CT molecular complexity index is 994. The van der Waals surface area contributed by atoms with Crippen LogP contribution in [0.25, 0.3) is 6.08 Å². The lowest BCUT2D eigenvalue weighted by Crippen LogP contribution is -1.99. The van der Waals surface area contributed by atoms with Crippen LogP contribution < -0.4 is 0 Å². The van der Waals surface area contributed by atoms with E-state index in [1.54, 1.807) is 12.1 Å². The Morgan fingerprint density at radius 1 is 0.880 bits per heavy atom. The highest BCUT2D eigenvalue weighted by atomic mass is 16.3. The van der Waals surface area contributed by atoms with Crippen molar-refractivity contribution in [1.29, 1.82) is 5.26 Å². The molecule has 0 atom stereocenters. The zero-order valence-corrected chi connectivity index (χ0v) is 13.3. The maximum absolute atomic E-state index is 12.2. The second-order valence-electron chi connectivity index (χ2n) is 5.21. The van der Waals surface area contributed by atoms with E-state index in [1.165, 1.54) is 12.3 Å². The first-order chi connectivity index (χ1) is 12.3. The van der Waals surface area contributed by atoms with Gasteiger partial charge in [-0.15, -0.1) is 0 Å². The van der Waals surface area contributed by atoms with Gasteiger partial charge < -0.3 is 4.42 Å². The van der Waals surface area contributed by atoms with Crippen LogP contribution in [0.15, 0.2) is 83.0 Å². The van der Waals surface area contributed by atoms with E-state index in [-0.39, 0.29) is 11.3 Å². The minimum absolute atomic E-state index is 0.0260. The Kier molecular flexibility index (Phi) is 4.90. The van der Waals surface area contributed by atoms with Crippen molar-refractivity contribution >= 4 is 11.9 Å². The van der Waals surface area contributed by atoms with Crippen molar-refractivity contribution in [3.8, 4) is 17.9 Å².